The summed E-state index contributed by atoms with van der Waals surface area (Å²) in [5, 5.41) is 8.74. The van der Waals surface area contributed by atoms with Crippen LogP contribution in [0.1, 0.15) is 21.0 Å². The van der Waals surface area contributed by atoms with Crippen LogP contribution in [0.4, 0.5) is 0 Å². The van der Waals surface area contributed by atoms with Gasteiger partial charge in [0.2, 0.25) is 0 Å². The van der Waals surface area contributed by atoms with E-state index in [1.807, 2.05) is 0 Å². The lowest BCUT2D eigenvalue weighted by atomic mass is 10.2. The quantitative estimate of drug-likeness (QED) is 0.821. The van der Waals surface area contributed by atoms with E-state index in [1.54, 1.807) is 6.07 Å². The number of methoxy groups -OCH3 is 1. The highest BCUT2D eigenvalue weighted by Gasteiger charge is 2.10. The van der Waals surface area contributed by atoms with Gasteiger partial charge in [-0.05, 0) is 12.1 Å². The van der Waals surface area contributed by atoms with Crippen molar-refractivity contribution in [2.24, 2.45) is 0 Å². The van der Waals surface area contributed by atoms with Gasteiger partial charge in [0.25, 0.3) is 0 Å². The molecule has 0 amide bonds. The van der Waals surface area contributed by atoms with Crippen molar-refractivity contribution in [2.45, 2.75) is 0 Å². The SMILES string of the molecule is COC(=O)c1cncc(-c2ccc(C(=O)O)nc2)n1. The number of carbonyl (C=O) groups is 2. The molecule has 2 aromatic rings. The van der Waals surface area contributed by atoms with Crippen molar-refractivity contribution in [3.63, 3.8) is 0 Å². The molecule has 0 saturated heterocycles. The molecule has 19 heavy (non-hydrogen) atoms. The van der Waals surface area contributed by atoms with Crippen molar-refractivity contribution in [1.82, 2.24) is 15.0 Å². The van der Waals surface area contributed by atoms with Crippen LogP contribution in [0.5, 0.6) is 0 Å². The zero-order valence-electron chi connectivity index (χ0n) is 9.90. The molecule has 0 spiro atoms. The molecule has 0 aromatic carbocycles. The number of carbonyl (C=O) groups excluding carboxylic acids is 1. The van der Waals surface area contributed by atoms with Crippen molar-refractivity contribution in [3.8, 4) is 11.3 Å². The molecule has 7 heteroatoms. The summed E-state index contributed by atoms with van der Waals surface area (Å²) in [5.74, 6) is -1.70. The Hall–Kier alpha value is -2.83. The van der Waals surface area contributed by atoms with Gasteiger partial charge in [-0.2, -0.15) is 0 Å². The maximum absolute atomic E-state index is 11.3. The number of hydrogen-bond acceptors (Lipinski definition) is 6. The molecule has 96 valence electrons. The summed E-state index contributed by atoms with van der Waals surface area (Å²) in [6.07, 6.45) is 4.09. The topological polar surface area (TPSA) is 102 Å². The van der Waals surface area contributed by atoms with Gasteiger partial charge in [0.15, 0.2) is 5.69 Å². The Balaban J connectivity index is 2.36. The molecule has 0 radical (unpaired) electrons. The van der Waals surface area contributed by atoms with E-state index in [4.69, 9.17) is 5.11 Å². The molecule has 0 saturated carbocycles. The zero-order valence-corrected chi connectivity index (χ0v) is 9.90. The second-order valence-corrected chi connectivity index (χ2v) is 3.52. The second kappa shape index (κ2) is 5.21. The van der Waals surface area contributed by atoms with Gasteiger partial charge < -0.3 is 9.84 Å². The van der Waals surface area contributed by atoms with E-state index in [1.165, 1.54) is 31.8 Å². The van der Waals surface area contributed by atoms with Crippen LogP contribution in [0.15, 0.2) is 30.7 Å². The summed E-state index contributed by atoms with van der Waals surface area (Å²) in [5.41, 5.74) is 0.971. The number of hydrogen-bond donors (Lipinski definition) is 1. The highest BCUT2D eigenvalue weighted by molar-refractivity contribution is 5.87. The Bertz CT molecular complexity index is 625. The molecule has 0 aliphatic rings. The standard InChI is InChI=1S/C12H9N3O4/c1-19-12(18)10-6-13-5-9(15-10)7-2-3-8(11(16)17)14-4-7/h2-6H,1H3,(H,16,17). The first-order valence-corrected chi connectivity index (χ1v) is 5.22. The normalized spacial score (nSPS) is 9.95. The van der Waals surface area contributed by atoms with Crippen LogP contribution in [0, 0.1) is 0 Å². The molecular formula is C12H9N3O4. The summed E-state index contributed by atoms with van der Waals surface area (Å²) in [7, 11) is 1.25. The maximum atomic E-state index is 11.3. The van der Waals surface area contributed by atoms with E-state index in [0.29, 0.717) is 11.3 Å². The average molecular weight is 259 g/mol. The van der Waals surface area contributed by atoms with Crippen molar-refractivity contribution in [3.05, 3.63) is 42.1 Å². The summed E-state index contributed by atoms with van der Waals surface area (Å²) in [6.45, 7) is 0. The highest BCUT2D eigenvalue weighted by Crippen LogP contribution is 2.15. The fourth-order valence-electron chi connectivity index (χ4n) is 1.38. The Morgan fingerprint density at radius 1 is 1.16 bits per heavy atom. The molecule has 0 unspecified atom stereocenters. The number of ether oxygens (including phenoxy) is 1. The molecule has 0 bridgehead atoms. The molecule has 0 aliphatic heterocycles. The minimum atomic E-state index is -1.11. The third-order valence-electron chi connectivity index (χ3n) is 2.31. The van der Waals surface area contributed by atoms with Crippen LogP contribution in [0.3, 0.4) is 0 Å². The van der Waals surface area contributed by atoms with Crippen molar-refractivity contribution < 1.29 is 19.4 Å². The third-order valence-corrected chi connectivity index (χ3v) is 2.31. The van der Waals surface area contributed by atoms with Crippen molar-refractivity contribution in [1.29, 1.82) is 0 Å². The largest absolute Gasteiger partial charge is 0.477 e. The second-order valence-electron chi connectivity index (χ2n) is 3.52. The van der Waals surface area contributed by atoms with E-state index in [0.717, 1.165) is 0 Å². The van der Waals surface area contributed by atoms with Crippen LogP contribution in [-0.4, -0.2) is 39.1 Å². The number of rotatable bonds is 3. The first-order valence-electron chi connectivity index (χ1n) is 5.22. The number of carboxylic acids is 1. The number of esters is 1. The van der Waals surface area contributed by atoms with Gasteiger partial charge in [0.1, 0.15) is 5.69 Å². The van der Waals surface area contributed by atoms with Crippen LogP contribution < -0.4 is 0 Å². The molecule has 7 nitrogen and oxygen atoms in total. The van der Waals surface area contributed by atoms with Crippen LogP contribution in [0.2, 0.25) is 0 Å². The number of aromatic carboxylic acids is 1. The van der Waals surface area contributed by atoms with Gasteiger partial charge in [-0.1, -0.05) is 0 Å². The molecule has 0 atom stereocenters. The number of aromatic nitrogens is 3. The smallest absolute Gasteiger partial charge is 0.358 e. The fourth-order valence-corrected chi connectivity index (χ4v) is 1.38. The summed E-state index contributed by atoms with van der Waals surface area (Å²) >= 11 is 0. The van der Waals surface area contributed by atoms with Gasteiger partial charge in [-0.3, -0.25) is 4.98 Å². The highest BCUT2D eigenvalue weighted by atomic mass is 16.5. The molecular weight excluding hydrogens is 250 g/mol. The lowest BCUT2D eigenvalue weighted by Crippen LogP contribution is -2.06. The van der Waals surface area contributed by atoms with Gasteiger partial charge >= 0.3 is 11.9 Å². The summed E-state index contributed by atoms with van der Waals surface area (Å²) < 4.78 is 4.54. The molecule has 2 aromatic heterocycles. The number of pyridine rings is 1. The van der Waals surface area contributed by atoms with E-state index in [-0.39, 0.29) is 11.4 Å². The number of nitrogens with zero attached hydrogens (tertiary/aromatic N) is 3. The van der Waals surface area contributed by atoms with Gasteiger partial charge in [0, 0.05) is 11.8 Å². The van der Waals surface area contributed by atoms with Gasteiger partial charge in [0.05, 0.1) is 25.2 Å². The average Bonchev–Trinajstić information content (AvgIpc) is 2.46. The van der Waals surface area contributed by atoms with Crippen LogP contribution in [-0.2, 0) is 4.74 Å². The van der Waals surface area contributed by atoms with E-state index < -0.39 is 11.9 Å². The molecule has 2 rings (SSSR count). The Morgan fingerprint density at radius 2 is 1.95 bits per heavy atom. The predicted octanol–water partition coefficient (Wildman–Crippen LogP) is 1.02. The van der Waals surface area contributed by atoms with E-state index in [2.05, 4.69) is 19.7 Å². The van der Waals surface area contributed by atoms with Crippen LogP contribution >= 0.6 is 0 Å². The van der Waals surface area contributed by atoms with Crippen molar-refractivity contribution >= 4 is 11.9 Å². The maximum Gasteiger partial charge on any atom is 0.358 e. The van der Waals surface area contributed by atoms with Gasteiger partial charge in [-0.15, -0.1) is 0 Å². The lowest BCUT2D eigenvalue weighted by molar-refractivity contribution is 0.0592. The van der Waals surface area contributed by atoms with E-state index >= 15 is 0 Å². The summed E-state index contributed by atoms with van der Waals surface area (Å²) in [6, 6.07) is 2.89. The third kappa shape index (κ3) is 2.71. The first-order chi connectivity index (χ1) is 9.11. The van der Waals surface area contributed by atoms with E-state index in [9.17, 15) is 9.59 Å². The van der Waals surface area contributed by atoms with Crippen LogP contribution in [0.25, 0.3) is 11.3 Å². The minimum absolute atomic E-state index is 0.0687. The minimum Gasteiger partial charge on any atom is -0.477 e. The fraction of sp³-hybridized carbons (Fsp3) is 0.0833. The zero-order chi connectivity index (χ0) is 13.8. The molecule has 1 N–H and O–H groups in total. The van der Waals surface area contributed by atoms with Crippen molar-refractivity contribution in [2.75, 3.05) is 7.11 Å². The predicted molar refractivity (Wildman–Crippen MR) is 63.6 cm³/mol. The molecule has 2 heterocycles. The Kier molecular flexibility index (Phi) is 3.46. The monoisotopic (exact) mass is 259 g/mol. The molecule has 0 aliphatic carbocycles. The summed E-state index contributed by atoms with van der Waals surface area (Å²) in [4.78, 5) is 33.7. The Labute approximate surface area is 107 Å². The van der Waals surface area contributed by atoms with Gasteiger partial charge in [-0.25, -0.2) is 19.6 Å². The number of carboxylic acid groups (broad SMARTS) is 1. The lowest BCUT2D eigenvalue weighted by Gasteiger charge is -2.02. The molecule has 0 fully saturated rings. The Morgan fingerprint density at radius 3 is 2.53 bits per heavy atom. The first kappa shape index (κ1) is 12.6.